The zero-order valence-corrected chi connectivity index (χ0v) is 20.2. The lowest BCUT2D eigenvalue weighted by Gasteiger charge is -2.22. The summed E-state index contributed by atoms with van der Waals surface area (Å²) < 4.78 is 11.8. The fraction of sp³-hybridized carbons (Fsp3) is 0.320. The lowest BCUT2D eigenvalue weighted by molar-refractivity contribution is 0.315. The molecule has 0 unspecified atom stereocenters. The van der Waals surface area contributed by atoms with E-state index in [1.54, 1.807) is 11.3 Å². The molecule has 3 aromatic rings. The zero-order valence-electron chi connectivity index (χ0n) is 18.6. The standard InChI is InChI=1S/C25H30N2O2S2/c1-25(2,3)19-9-11-22(12-10-19)29-24(30)27(4)21-7-5-8-23(17-21)28-15-6-14-26-20-13-16-31-18-20/h5,7-13,16-18,26H,6,14-15H2,1-4H3. The molecule has 2 aromatic carbocycles. The van der Waals surface area contributed by atoms with Crippen LogP contribution in [0, 0.1) is 0 Å². The molecular formula is C25H30N2O2S2. The summed E-state index contributed by atoms with van der Waals surface area (Å²) in [4.78, 5) is 1.85. The molecule has 0 atom stereocenters. The second-order valence-corrected chi connectivity index (χ2v) is 9.47. The molecule has 0 aliphatic heterocycles. The third-order valence-corrected chi connectivity index (χ3v) is 5.88. The number of thiophene rings is 1. The quantitative estimate of drug-likeness (QED) is 0.302. The number of anilines is 2. The number of hydrogen-bond donors (Lipinski definition) is 1. The van der Waals surface area contributed by atoms with Crippen molar-refractivity contribution in [2.75, 3.05) is 30.4 Å². The predicted molar refractivity (Wildman–Crippen MR) is 136 cm³/mol. The summed E-state index contributed by atoms with van der Waals surface area (Å²) in [6, 6.07) is 18.1. The van der Waals surface area contributed by atoms with Crippen molar-refractivity contribution >= 4 is 40.1 Å². The largest absolute Gasteiger partial charge is 0.493 e. The molecule has 0 aliphatic carbocycles. The molecule has 0 fully saturated rings. The van der Waals surface area contributed by atoms with Gasteiger partial charge in [-0.15, -0.1) is 0 Å². The van der Waals surface area contributed by atoms with Gasteiger partial charge in [0.1, 0.15) is 11.5 Å². The highest BCUT2D eigenvalue weighted by atomic mass is 32.1. The van der Waals surface area contributed by atoms with Gasteiger partial charge in [0.15, 0.2) is 0 Å². The van der Waals surface area contributed by atoms with E-state index < -0.39 is 0 Å². The summed E-state index contributed by atoms with van der Waals surface area (Å²) in [5, 5.41) is 7.93. The van der Waals surface area contributed by atoms with Gasteiger partial charge >= 0.3 is 0 Å². The van der Waals surface area contributed by atoms with E-state index in [-0.39, 0.29) is 5.41 Å². The molecule has 1 N–H and O–H groups in total. The molecule has 6 heteroatoms. The first-order chi connectivity index (χ1) is 14.8. The number of hydrogen-bond acceptors (Lipinski definition) is 5. The molecule has 4 nitrogen and oxygen atoms in total. The molecule has 164 valence electrons. The Labute approximate surface area is 194 Å². The molecule has 0 radical (unpaired) electrons. The topological polar surface area (TPSA) is 33.7 Å². The maximum Gasteiger partial charge on any atom is 0.269 e. The summed E-state index contributed by atoms with van der Waals surface area (Å²) in [6.45, 7) is 8.09. The van der Waals surface area contributed by atoms with E-state index in [1.807, 2.05) is 48.3 Å². The second kappa shape index (κ2) is 10.6. The van der Waals surface area contributed by atoms with Crippen molar-refractivity contribution in [1.29, 1.82) is 0 Å². The van der Waals surface area contributed by atoms with Crippen molar-refractivity contribution in [3.63, 3.8) is 0 Å². The lowest BCUT2D eigenvalue weighted by Crippen LogP contribution is -2.29. The molecule has 1 heterocycles. The Morgan fingerprint density at radius 2 is 1.84 bits per heavy atom. The van der Waals surface area contributed by atoms with Crippen LogP contribution in [0.2, 0.25) is 0 Å². The van der Waals surface area contributed by atoms with E-state index in [0.717, 1.165) is 35.8 Å². The van der Waals surface area contributed by atoms with Gasteiger partial charge in [-0.3, -0.25) is 0 Å². The maximum atomic E-state index is 5.91. The molecule has 31 heavy (non-hydrogen) atoms. The van der Waals surface area contributed by atoms with Crippen LogP contribution in [0.5, 0.6) is 11.5 Å². The van der Waals surface area contributed by atoms with Crippen LogP contribution in [-0.4, -0.2) is 25.4 Å². The van der Waals surface area contributed by atoms with Gasteiger partial charge in [-0.05, 0) is 65.3 Å². The summed E-state index contributed by atoms with van der Waals surface area (Å²) in [6.07, 6.45) is 0.919. The first-order valence-corrected chi connectivity index (χ1v) is 11.7. The molecule has 0 saturated heterocycles. The van der Waals surface area contributed by atoms with Crippen LogP contribution in [0.4, 0.5) is 11.4 Å². The maximum absolute atomic E-state index is 5.91. The smallest absolute Gasteiger partial charge is 0.269 e. The highest BCUT2D eigenvalue weighted by molar-refractivity contribution is 7.80. The predicted octanol–water partition coefficient (Wildman–Crippen LogP) is 6.73. The fourth-order valence-corrected chi connectivity index (χ4v) is 3.75. The van der Waals surface area contributed by atoms with E-state index in [0.29, 0.717) is 11.8 Å². The van der Waals surface area contributed by atoms with Crippen LogP contribution in [0.25, 0.3) is 0 Å². The Morgan fingerprint density at radius 1 is 1.06 bits per heavy atom. The Morgan fingerprint density at radius 3 is 2.52 bits per heavy atom. The second-order valence-electron chi connectivity index (χ2n) is 8.34. The Bertz CT molecular complexity index is 964. The monoisotopic (exact) mass is 454 g/mol. The van der Waals surface area contributed by atoms with Crippen LogP contribution >= 0.6 is 23.6 Å². The van der Waals surface area contributed by atoms with Crippen molar-refractivity contribution in [3.8, 4) is 11.5 Å². The summed E-state index contributed by atoms with van der Waals surface area (Å²) in [5.41, 5.74) is 3.45. The minimum Gasteiger partial charge on any atom is -0.493 e. The summed E-state index contributed by atoms with van der Waals surface area (Å²) in [5.74, 6) is 1.55. The van der Waals surface area contributed by atoms with Crippen molar-refractivity contribution in [2.45, 2.75) is 32.6 Å². The molecule has 0 saturated carbocycles. The molecule has 0 aliphatic rings. The average Bonchev–Trinajstić information content (AvgIpc) is 3.26. The van der Waals surface area contributed by atoms with Crippen LogP contribution in [-0.2, 0) is 5.41 Å². The molecule has 1 aromatic heterocycles. The number of thiocarbonyl (C=S) groups is 1. The van der Waals surface area contributed by atoms with Gasteiger partial charge in [-0.25, -0.2) is 0 Å². The van der Waals surface area contributed by atoms with E-state index in [2.05, 4.69) is 55.0 Å². The van der Waals surface area contributed by atoms with Crippen molar-refractivity contribution in [3.05, 3.63) is 70.9 Å². The van der Waals surface area contributed by atoms with Crippen LogP contribution in [0.1, 0.15) is 32.8 Å². The van der Waals surface area contributed by atoms with Crippen molar-refractivity contribution < 1.29 is 9.47 Å². The van der Waals surface area contributed by atoms with Gasteiger partial charge in [0.2, 0.25) is 0 Å². The minimum absolute atomic E-state index is 0.107. The summed E-state index contributed by atoms with van der Waals surface area (Å²) in [7, 11) is 1.90. The Hall–Kier alpha value is -2.57. The number of rotatable bonds is 8. The van der Waals surface area contributed by atoms with Gasteiger partial charge in [-0.1, -0.05) is 39.0 Å². The molecule has 0 bridgehead atoms. The average molecular weight is 455 g/mol. The lowest BCUT2D eigenvalue weighted by atomic mass is 9.87. The highest BCUT2D eigenvalue weighted by Crippen LogP contribution is 2.25. The van der Waals surface area contributed by atoms with Crippen molar-refractivity contribution in [1.82, 2.24) is 0 Å². The van der Waals surface area contributed by atoms with Gasteiger partial charge in [-0.2, -0.15) is 11.3 Å². The van der Waals surface area contributed by atoms with Gasteiger partial charge in [0.05, 0.1) is 6.61 Å². The molecule has 3 rings (SSSR count). The summed E-state index contributed by atoms with van der Waals surface area (Å²) >= 11 is 7.20. The van der Waals surface area contributed by atoms with Crippen LogP contribution in [0.3, 0.4) is 0 Å². The Balaban J connectivity index is 1.50. The fourth-order valence-electron chi connectivity index (χ4n) is 2.94. The molecule has 0 spiro atoms. The first kappa shape index (κ1) is 23.1. The number of benzene rings is 2. The number of nitrogens with zero attached hydrogens (tertiary/aromatic N) is 1. The van der Waals surface area contributed by atoms with E-state index in [4.69, 9.17) is 21.7 Å². The Kier molecular flexibility index (Phi) is 7.93. The van der Waals surface area contributed by atoms with E-state index in [9.17, 15) is 0 Å². The first-order valence-electron chi connectivity index (χ1n) is 10.4. The SMILES string of the molecule is CN(C(=S)Oc1ccc(C(C)(C)C)cc1)c1cccc(OCCCNc2ccsc2)c1. The van der Waals surface area contributed by atoms with Gasteiger partial charge < -0.3 is 19.7 Å². The van der Waals surface area contributed by atoms with E-state index in [1.165, 1.54) is 5.56 Å². The van der Waals surface area contributed by atoms with Crippen LogP contribution in [0.15, 0.2) is 65.4 Å². The third kappa shape index (κ3) is 6.97. The van der Waals surface area contributed by atoms with Gasteiger partial charge in [0, 0.05) is 36.4 Å². The number of nitrogens with one attached hydrogen (secondary N) is 1. The van der Waals surface area contributed by atoms with Gasteiger partial charge in [0.25, 0.3) is 5.17 Å². The molecular weight excluding hydrogens is 424 g/mol. The minimum atomic E-state index is 0.107. The third-order valence-electron chi connectivity index (χ3n) is 4.84. The highest BCUT2D eigenvalue weighted by Gasteiger charge is 2.14. The normalized spacial score (nSPS) is 11.1. The van der Waals surface area contributed by atoms with E-state index >= 15 is 0 Å². The number of ether oxygens (including phenoxy) is 2. The van der Waals surface area contributed by atoms with Crippen LogP contribution < -0.4 is 19.7 Å². The zero-order chi connectivity index (χ0) is 22.3. The van der Waals surface area contributed by atoms with Crippen molar-refractivity contribution in [2.24, 2.45) is 0 Å². The molecule has 0 amide bonds.